The van der Waals surface area contributed by atoms with Crippen molar-refractivity contribution < 1.29 is 0 Å². The fourth-order valence-corrected chi connectivity index (χ4v) is 3.38. The third-order valence-corrected chi connectivity index (χ3v) is 4.79. The molecule has 2 N–H and O–H groups in total. The summed E-state index contributed by atoms with van der Waals surface area (Å²) in [7, 11) is 0. The highest BCUT2D eigenvalue weighted by molar-refractivity contribution is 5.57. The van der Waals surface area contributed by atoms with Crippen molar-refractivity contribution in [3.05, 3.63) is 72.8 Å². The number of benzene rings is 1. The van der Waals surface area contributed by atoms with Gasteiger partial charge in [0.25, 0.3) is 0 Å². The molecular formula is C21H24N6. The van der Waals surface area contributed by atoms with Gasteiger partial charge in [0.15, 0.2) is 0 Å². The van der Waals surface area contributed by atoms with Gasteiger partial charge in [-0.3, -0.25) is 9.88 Å². The summed E-state index contributed by atoms with van der Waals surface area (Å²) in [5.41, 5.74) is 2.29. The molecule has 0 spiro atoms. The van der Waals surface area contributed by atoms with Crippen molar-refractivity contribution in [2.45, 2.75) is 25.4 Å². The molecule has 4 rings (SSSR count). The summed E-state index contributed by atoms with van der Waals surface area (Å²) in [4.78, 5) is 15.3. The van der Waals surface area contributed by atoms with Crippen LogP contribution in [0.5, 0.6) is 0 Å². The molecule has 27 heavy (non-hydrogen) atoms. The first kappa shape index (κ1) is 17.4. The Morgan fingerprint density at radius 1 is 0.963 bits per heavy atom. The van der Waals surface area contributed by atoms with E-state index in [1.807, 2.05) is 18.2 Å². The van der Waals surface area contributed by atoms with E-state index in [1.54, 1.807) is 18.7 Å². The Labute approximate surface area is 159 Å². The zero-order chi connectivity index (χ0) is 18.3. The Bertz CT molecular complexity index is 832. The molecule has 0 radical (unpaired) electrons. The Balaban J connectivity index is 1.29. The first-order valence-corrected chi connectivity index (χ1v) is 9.37. The molecule has 6 nitrogen and oxygen atoms in total. The second-order valence-electron chi connectivity index (χ2n) is 6.84. The molecule has 1 fully saturated rings. The first-order chi connectivity index (χ1) is 13.3. The lowest BCUT2D eigenvalue weighted by Gasteiger charge is -2.32. The standard InChI is InChI=1S/C21H24N6/c1-2-5-17(6-3-1)15-27-11-8-18(9-12-27)25-20-13-21(24-16-23-20)26-19-7-4-10-22-14-19/h1-7,10,13-14,16,18H,8-9,11-12,15H2,(H2,23,24,25,26). The average Bonchev–Trinajstić information content (AvgIpc) is 2.71. The van der Waals surface area contributed by atoms with Crippen LogP contribution in [0.2, 0.25) is 0 Å². The van der Waals surface area contributed by atoms with Crippen molar-refractivity contribution in [3.63, 3.8) is 0 Å². The number of nitrogens with one attached hydrogen (secondary N) is 2. The number of likely N-dealkylation sites (tertiary alicyclic amines) is 1. The highest BCUT2D eigenvalue weighted by atomic mass is 15.2. The lowest BCUT2D eigenvalue weighted by molar-refractivity contribution is 0.211. The van der Waals surface area contributed by atoms with Crippen LogP contribution in [-0.2, 0) is 6.54 Å². The largest absolute Gasteiger partial charge is 0.367 e. The summed E-state index contributed by atoms with van der Waals surface area (Å²) in [6.45, 7) is 3.22. The molecule has 0 aliphatic carbocycles. The Hall–Kier alpha value is -2.99. The van der Waals surface area contributed by atoms with Gasteiger partial charge < -0.3 is 10.6 Å². The molecule has 3 aromatic rings. The van der Waals surface area contributed by atoms with Crippen LogP contribution < -0.4 is 10.6 Å². The highest BCUT2D eigenvalue weighted by Crippen LogP contribution is 2.19. The first-order valence-electron chi connectivity index (χ1n) is 9.37. The third kappa shape index (κ3) is 5.01. The summed E-state index contributed by atoms with van der Waals surface area (Å²) in [6.07, 6.45) is 7.34. The number of piperidine rings is 1. The second-order valence-corrected chi connectivity index (χ2v) is 6.84. The van der Waals surface area contributed by atoms with Crippen molar-refractivity contribution in [1.82, 2.24) is 19.9 Å². The van der Waals surface area contributed by atoms with Crippen molar-refractivity contribution >= 4 is 17.3 Å². The van der Waals surface area contributed by atoms with Gasteiger partial charge in [-0.2, -0.15) is 0 Å². The Morgan fingerprint density at radius 2 is 1.78 bits per heavy atom. The van der Waals surface area contributed by atoms with Crippen LogP contribution in [0.3, 0.4) is 0 Å². The molecule has 1 aromatic carbocycles. The molecular weight excluding hydrogens is 336 g/mol. The van der Waals surface area contributed by atoms with E-state index in [-0.39, 0.29) is 0 Å². The van der Waals surface area contributed by atoms with E-state index in [9.17, 15) is 0 Å². The summed E-state index contributed by atoms with van der Waals surface area (Å²) in [5, 5.41) is 6.81. The number of hydrogen-bond acceptors (Lipinski definition) is 6. The molecule has 0 unspecified atom stereocenters. The zero-order valence-corrected chi connectivity index (χ0v) is 15.3. The third-order valence-electron chi connectivity index (χ3n) is 4.79. The molecule has 1 saturated heterocycles. The topological polar surface area (TPSA) is 66.0 Å². The predicted molar refractivity (Wildman–Crippen MR) is 108 cm³/mol. The minimum absolute atomic E-state index is 0.443. The lowest BCUT2D eigenvalue weighted by atomic mass is 10.0. The normalized spacial score (nSPS) is 15.4. The monoisotopic (exact) mass is 360 g/mol. The van der Waals surface area contributed by atoms with Gasteiger partial charge in [-0.15, -0.1) is 0 Å². The van der Waals surface area contributed by atoms with E-state index in [2.05, 4.69) is 60.8 Å². The maximum absolute atomic E-state index is 4.37. The van der Waals surface area contributed by atoms with Crippen molar-refractivity contribution in [1.29, 1.82) is 0 Å². The van der Waals surface area contributed by atoms with Crippen LogP contribution in [0.25, 0.3) is 0 Å². The Morgan fingerprint density at radius 3 is 2.56 bits per heavy atom. The molecule has 138 valence electrons. The van der Waals surface area contributed by atoms with E-state index in [0.717, 1.165) is 49.8 Å². The predicted octanol–water partition coefficient (Wildman–Crippen LogP) is 3.69. The van der Waals surface area contributed by atoms with Gasteiger partial charge in [0, 0.05) is 37.9 Å². The van der Waals surface area contributed by atoms with E-state index < -0.39 is 0 Å². The number of anilines is 3. The van der Waals surface area contributed by atoms with Crippen molar-refractivity contribution in [2.24, 2.45) is 0 Å². The maximum Gasteiger partial charge on any atom is 0.135 e. The van der Waals surface area contributed by atoms with Crippen LogP contribution in [0.1, 0.15) is 18.4 Å². The molecule has 6 heteroatoms. The van der Waals surface area contributed by atoms with Crippen molar-refractivity contribution in [3.8, 4) is 0 Å². The molecule has 0 amide bonds. The fraction of sp³-hybridized carbons (Fsp3) is 0.286. The molecule has 0 bridgehead atoms. The van der Waals surface area contributed by atoms with Crippen LogP contribution in [-0.4, -0.2) is 39.0 Å². The minimum Gasteiger partial charge on any atom is -0.367 e. The van der Waals surface area contributed by atoms with Gasteiger partial charge in [0.05, 0.1) is 11.9 Å². The van der Waals surface area contributed by atoms with Crippen LogP contribution in [0, 0.1) is 0 Å². The van der Waals surface area contributed by atoms with Gasteiger partial charge in [-0.1, -0.05) is 30.3 Å². The van der Waals surface area contributed by atoms with Crippen LogP contribution >= 0.6 is 0 Å². The molecule has 2 aromatic heterocycles. The van der Waals surface area contributed by atoms with Gasteiger partial charge >= 0.3 is 0 Å². The number of nitrogens with zero attached hydrogens (tertiary/aromatic N) is 4. The minimum atomic E-state index is 0.443. The molecule has 1 aliphatic heterocycles. The number of hydrogen-bond donors (Lipinski definition) is 2. The van der Waals surface area contributed by atoms with Gasteiger partial charge in [-0.25, -0.2) is 9.97 Å². The van der Waals surface area contributed by atoms with Gasteiger partial charge in [0.1, 0.15) is 18.0 Å². The number of rotatable bonds is 6. The van der Waals surface area contributed by atoms with Gasteiger partial charge in [0.2, 0.25) is 0 Å². The number of aromatic nitrogens is 3. The molecule has 0 atom stereocenters. The smallest absolute Gasteiger partial charge is 0.135 e. The van der Waals surface area contributed by atoms with E-state index in [4.69, 9.17) is 0 Å². The molecule has 0 saturated carbocycles. The van der Waals surface area contributed by atoms with Crippen molar-refractivity contribution in [2.75, 3.05) is 23.7 Å². The fourth-order valence-electron chi connectivity index (χ4n) is 3.38. The molecule has 1 aliphatic rings. The van der Waals surface area contributed by atoms with E-state index in [1.165, 1.54) is 5.56 Å². The number of pyridine rings is 1. The SMILES string of the molecule is c1ccc(CN2CCC(Nc3cc(Nc4cccnc4)ncn3)CC2)cc1. The van der Waals surface area contributed by atoms with Crippen LogP contribution in [0.4, 0.5) is 17.3 Å². The zero-order valence-electron chi connectivity index (χ0n) is 15.3. The average molecular weight is 360 g/mol. The summed E-state index contributed by atoms with van der Waals surface area (Å²) in [6, 6.07) is 16.9. The maximum atomic E-state index is 4.37. The van der Waals surface area contributed by atoms with E-state index in [0.29, 0.717) is 6.04 Å². The summed E-state index contributed by atoms with van der Waals surface area (Å²) >= 11 is 0. The van der Waals surface area contributed by atoms with Gasteiger partial charge in [-0.05, 0) is 30.5 Å². The lowest BCUT2D eigenvalue weighted by Crippen LogP contribution is -2.38. The summed E-state index contributed by atoms with van der Waals surface area (Å²) in [5.74, 6) is 1.62. The molecule has 3 heterocycles. The second kappa shape index (κ2) is 8.60. The quantitative estimate of drug-likeness (QED) is 0.699. The Kier molecular flexibility index (Phi) is 5.55. The highest BCUT2D eigenvalue weighted by Gasteiger charge is 2.19. The summed E-state index contributed by atoms with van der Waals surface area (Å²) < 4.78 is 0. The van der Waals surface area contributed by atoms with Crippen LogP contribution in [0.15, 0.2) is 67.3 Å². The van der Waals surface area contributed by atoms with E-state index >= 15 is 0 Å².